The lowest BCUT2D eigenvalue weighted by Crippen LogP contribution is -1.90. The Labute approximate surface area is 116 Å². The molecule has 0 aliphatic rings. The van der Waals surface area contributed by atoms with Gasteiger partial charge >= 0.3 is 0 Å². The second-order valence-electron chi connectivity index (χ2n) is 4.25. The summed E-state index contributed by atoms with van der Waals surface area (Å²) in [5.41, 5.74) is 1.86. The highest BCUT2D eigenvalue weighted by Crippen LogP contribution is 2.30. The molecular formula is C16H13ClO2. The number of halogens is 1. The molecular weight excluding hydrogens is 260 g/mol. The van der Waals surface area contributed by atoms with Gasteiger partial charge in [0.25, 0.3) is 0 Å². The van der Waals surface area contributed by atoms with Gasteiger partial charge in [0.05, 0.1) is 6.61 Å². The zero-order valence-corrected chi connectivity index (χ0v) is 11.3. The van der Waals surface area contributed by atoms with Crippen LogP contribution in [0.15, 0.2) is 52.9 Å². The molecule has 0 aliphatic carbocycles. The van der Waals surface area contributed by atoms with E-state index in [9.17, 15) is 0 Å². The maximum absolute atomic E-state index is 5.97. The zero-order valence-electron chi connectivity index (χ0n) is 10.5. The zero-order chi connectivity index (χ0) is 13.2. The molecule has 2 nitrogen and oxygen atoms in total. The van der Waals surface area contributed by atoms with Crippen molar-refractivity contribution in [1.82, 2.24) is 0 Å². The van der Waals surface area contributed by atoms with Crippen LogP contribution in [-0.2, 0) is 0 Å². The Morgan fingerprint density at radius 3 is 2.58 bits per heavy atom. The SMILES string of the molecule is CCOc1ccc(-c2cc3cc(Cl)ccc3o2)cc1. The van der Waals surface area contributed by atoms with E-state index in [1.165, 1.54) is 0 Å². The van der Waals surface area contributed by atoms with Gasteiger partial charge in [0.2, 0.25) is 0 Å². The van der Waals surface area contributed by atoms with Gasteiger partial charge in [-0.1, -0.05) is 11.6 Å². The Hall–Kier alpha value is -1.93. The predicted octanol–water partition coefficient (Wildman–Crippen LogP) is 5.15. The topological polar surface area (TPSA) is 22.4 Å². The van der Waals surface area contributed by atoms with Crippen LogP contribution in [0.25, 0.3) is 22.3 Å². The molecule has 0 unspecified atom stereocenters. The monoisotopic (exact) mass is 272 g/mol. The number of furan rings is 1. The van der Waals surface area contributed by atoms with Gasteiger partial charge in [0.15, 0.2) is 0 Å². The first kappa shape index (κ1) is 12.1. The third kappa shape index (κ3) is 2.45. The second kappa shape index (κ2) is 4.98. The fourth-order valence-electron chi connectivity index (χ4n) is 2.04. The van der Waals surface area contributed by atoms with Crippen molar-refractivity contribution in [2.24, 2.45) is 0 Å². The summed E-state index contributed by atoms with van der Waals surface area (Å²) in [5.74, 6) is 1.70. The van der Waals surface area contributed by atoms with Crippen molar-refractivity contribution >= 4 is 22.6 Å². The van der Waals surface area contributed by atoms with E-state index in [2.05, 4.69) is 0 Å². The first-order valence-electron chi connectivity index (χ1n) is 6.18. The van der Waals surface area contributed by atoms with Crippen LogP contribution in [0.1, 0.15) is 6.92 Å². The van der Waals surface area contributed by atoms with Gasteiger partial charge in [-0.3, -0.25) is 0 Å². The normalized spacial score (nSPS) is 10.8. The van der Waals surface area contributed by atoms with Crippen LogP contribution in [-0.4, -0.2) is 6.61 Å². The largest absolute Gasteiger partial charge is 0.494 e. The molecule has 1 aromatic heterocycles. The van der Waals surface area contributed by atoms with Crippen molar-refractivity contribution in [3.8, 4) is 17.1 Å². The van der Waals surface area contributed by atoms with Crippen molar-refractivity contribution in [3.05, 3.63) is 53.6 Å². The van der Waals surface area contributed by atoms with Gasteiger partial charge in [-0.2, -0.15) is 0 Å². The lowest BCUT2D eigenvalue weighted by Gasteiger charge is -2.02. The van der Waals surface area contributed by atoms with Gasteiger partial charge in [0, 0.05) is 16.0 Å². The molecule has 0 radical (unpaired) electrons. The maximum Gasteiger partial charge on any atom is 0.135 e. The number of rotatable bonds is 3. The number of hydrogen-bond acceptors (Lipinski definition) is 2. The minimum atomic E-state index is 0.669. The lowest BCUT2D eigenvalue weighted by molar-refractivity contribution is 0.340. The van der Waals surface area contributed by atoms with Crippen LogP contribution < -0.4 is 4.74 Å². The molecule has 3 heteroatoms. The average molecular weight is 273 g/mol. The minimum Gasteiger partial charge on any atom is -0.494 e. The Bertz CT molecular complexity index is 698. The first-order chi connectivity index (χ1) is 9.26. The quantitative estimate of drug-likeness (QED) is 0.658. The summed E-state index contributed by atoms with van der Waals surface area (Å²) in [6.45, 7) is 2.64. The Kier molecular flexibility index (Phi) is 3.18. The van der Waals surface area contributed by atoms with E-state index in [4.69, 9.17) is 20.8 Å². The van der Waals surface area contributed by atoms with Crippen molar-refractivity contribution in [1.29, 1.82) is 0 Å². The Morgan fingerprint density at radius 1 is 1.05 bits per heavy atom. The average Bonchev–Trinajstić information content (AvgIpc) is 2.83. The molecule has 0 aliphatic heterocycles. The van der Waals surface area contributed by atoms with Crippen LogP contribution in [0.5, 0.6) is 5.75 Å². The highest BCUT2D eigenvalue weighted by Gasteiger charge is 2.06. The van der Waals surface area contributed by atoms with E-state index in [1.54, 1.807) is 0 Å². The van der Waals surface area contributed by atoms with E-state index in [0.29, 0.717) is 11.6 Å². The molecule has 0 spiro atoms. The highest BCUT2D eigenvalue weighted by molar-refractivity contribution is 6.31. The molecule has 19 heavy (non-hydrogen) atoms. The molecule has 0 atom stereocenters. The van der Waals surface area contributed by atoms with Crippen LogP contribution in [0, 0.1) is 0 Å². The first-order valence-corrected chi connectivity index (χ1v) is 6.56. The molecule has 0 amide bonds. The van der Waals surface area contributed by atoms with Crippen LogP contribution in [0.2, 0.25) is 5.02 Å². The van der Waals surface area contributed by atoms with Gasteiger partial charge < -0.3 is 9.15 Å². The standard InChI is InChI=1S/C16H13ClO2/c1-2-18-14-6-3-11(4-7-14)16-10-12-9-13(17)5-8-15(12)19-16/h3-10H,2H2,1H3. The molecule has 96 valence electrons. The molecule has 3 rings (SSSR count). The number of ether oxygens (including phenoxy) is 1. The molecule has 0 fully saturated rings. The molecule has 0 saturated heterocycles. The molecule has 0 saturated carbocycles. The van der Waals surface area contributed by atoms with Crippen molar-refractivity contribution in [3.63, 3.8) is 0 Å². The van der Waals surface area contributed by atoms with E-state index in [1.807, 2.05) is 55.5 Å². The van der Waals surface area contributed by atoms with E-state index >= 15 is 0 Å². The van der Waals surface area contributed by atoms with E-state index in [-0.39, 0.29) is 0 Å². The van der Waals surface area contributed by atoms with Crippen LogP contribution in [0.3, 0.4) is 0 Å². The summed E-state index contributed by atoms with van der Waals surface area (Å²) in [6, 6.07) is 15.5. The van der Waals surface area contributed by atoms with Gasteiger partial charge in [-0.05, 0) is 55.5 Å². The maximum atomic E-state index is 5.97. The Balaban J connectivity index is 1.99. The summed E-state index contributed by atoms with van der Waals surface area (Å²) in [7, 11) is 0. The number of benzene rings is 2. The fourth-order valence-corrected chi connectivity index (χ4v) is 2.22. The van der Waals surface area contributed by atoms with Gasteiger partial charge in [-0.25, -0.2) is 0 Å². The summed E-state index contributed by atoms with van der Waals surface area (Å²) in [6.07, 6.45) is 0. The smallest absolute Gasteiger partial charge is 0.135 e. The molecule has 0 N–H and O–H groups in total. The predicted molar refractivity (Wildman–Crippen MR) is 77.8 cm³/mol. The number of hydrogen-bond donors (Lipinski definition) is 0. The molecule has 1 heterocycles. The molecule has 2 aromatic carbocycles. The van der Waals surface area contributed by atoms with Crippen molar-refractivity contribution in [2.75, 3.05) is 6.61 Å². The fraction of sp³-hybridized carbons (Fsp3) is 0.125. The molecule has 0 bridgehead atoms. The summed E-state index contributed by atoms with van der Waals surface area (Å²) >= 11 is 5.97. The van der Waals surface area contributed by atoms with E-state index in [0.717, 1.165) is 28.0 Å². The minimum absolute atomic E-state index is 0.669. The molecule has 3 aromatic rings. The Morgan fingerprint density at radius 2 is 1.84 bits per heavy atom. The van der Waals surface area contributed by atoms with Gasteiger partial charge in [-0.15, -0.1) is 0 Å². The van der Waals surface area contributed by atoms with Gasteiger partial charge in [0.1, 0.15) is 17.1 Å². The number of fused-ring (bicyclic) bond motifs is 1. The highest BCUT2D eigenvalue weighted by atomic mass is 35.5. The van der Waals surface area contributed by atoms with E-state index < -0.39 is 0 Å². The third-order valence-electron chi connectivity index (χ3n) is 2.93. The van der Waals surface area contributed by atoms with Crippen LogP contribution in [0.4, 0.5) is 0 Å². The summed E-state index contributed by atoms with van der Waals surface area (Å²) < 4.78 is 11.2. The van der Waals surface area contributed by atoms with Crippen LogP contribution >= 0.6 is 11.6 Å². The lowest BCUT2D eigenvalue weighted by atomic mass is 10.1. The van der Waals surface area contributed by atoms with Crippen molar-refractivity contribution < 1.29 is 9.15 Å². The summed E-state index contributed by atoms with van der Waals surface area (Å²) in [5, 5.41) is 1.72. The third-order valence-corrected chi connectivity index (χ3v) is 3.16. The summed E-state index contributed by atoms with van der Waals surface area (Å²) in [4.78, 5) is 0. The van der Waals surface area contributed by atoms with Crippen molar-refractivity contribution in [2.45, 2.75) is 6.92 Å². The second-order valence-corrected chi connectivity index (χ2v) is 4.69.